The number of carbonyl (C=O) groups excluding carboxylic acids is 1. The lowest BCUT2D eigenvalue weighted by atomic mass is 9.79. The van der Waals surface area contributed by atoms with Crippen molar-refractivity contribution >= 4 is 17.5 Å². The topological polar surface area (TPSA) is 114 Å². The van der Waals surface area contributed by atoms with Gasteiger partial charge in [-0.2, -0.15) is 4.73 Å². The summed E-state index contributed by atoms with van der Waals surface area (Å²) in [6.07, 6.45) is 7.11. The van der Waals surface area contributed by atoms with Gasteiger partial charge in [0.1, 0.15) is 12.1 Å². The smallest absolute Gasteiger partial charge is 0.254 e. The summed E-state index contributed by atoms with van der Waals surface area (Å²) >= 11 is 0. The molecule has 160 valence electrons. The number of fused-ring (bicyclic) bond motifs is 2. The fraction of sp³-hybridized carbons (Fsp3) is 0.524. The van der Waals surface area contributed by atoms with E-state index >= 15 is 0 Å². The van der Waals surface area contributed by atoms with E-state index in [9.17, 15) is 10.0 Å². The fourth-order valence-corrected chi connectivity index (χ4v) is 4.45. The predicted octanol–water partition coefficient (Wildman–Crippen LogP) is 2.41. The van der Waals surface area contributed by atoms with Crippen LogP contribution in [-0.4, -0.2) is 46.1 Å². The quantitative estimate of drug-likeness (QED) is 0.496. The summed E-state index contributed by atoms with van der Waals surface area (Å²) < 4.78 is 6.12. The standard InChI is InChI=1S/C21H28N6O3/c1-14-11-17(25-16-12-15(23-13-24-16)22-9-6-10-30-2)27(29)19-18(14)20(28)26-21(19)7-4-3-5-8-21/h11-13,29H,3-10H2,1-2H3,(H,26,28)(H,22,23,24). The molecule has 0 unspecified atom stereocenters. The first-order chi connectivity index (χ1) is 14.5. The van der Waals surface area contributed by atoms with E-state index in [1.165, 1.54) is 6.33 Å². The Hall–Kier alpha value is -2.94. The summed E-state index contributed by atoms with van der Waals surface area (Å²) in [6.45, 7) is 3.27. The van der Waals surface area contributed by atoms with E-state index in [4.69, 9.17) is 4.74 Å². The molecule has 2 aromatic rings. The summed E-state index contributed by atoms with van der Waals surface area (Å²) in [5, 5.41) is 17.4. The summed E-state index contributed by atoms with van der Waals surface area (Å²) in [5.74, 6) is 0.961. The minimum Gasteiger partial charge on any atom is -0.427 e. The van der Waals surface area contributed by atoms with Crippen molar-refractivity contribution in [2.24, 2.45) is 4.99 Å². The molecule has 3 N–H and O–H groups in total. The van der Waals surface area contributed by atoms with Gasteiger partial charge in [0.05, 0.1) is 16.8 Å². The number of nitrogens with zero attached hydrogens (tertiary/aromatic N) is 4. The molecule has 1 amide bonds. The van der Waals surface area contributed by atoms with E-state index in [-0.39, 0.29) is 5.91 Å². The maximum Gasteiger partial charge on any atom is 0.254 e. The first kappa shape index (κ1) is 20.3. The van der Waals surface area contributed by atoms with Gasteiger partial charge in [-0.1, -0.05) is 19.3 Å². The number of carbonyl (C=O) groups is 1. The second-order valence-electron chi connectivity index (χ2n) is 7.96. The van der Waals surface area contributed by atoms with E-state index in [0.29, 0.717) is 35.0 Å². The Bertz CT molecular complexity index is 1010. The van der Waals surface area contributed by atoms with Crippen LogP contribution in [0.5, 0.6) is 0 Å². The SMILES string of the molecule is COCCCNc1cc(N=c2cc(C)c3c(n2O)C2(CCCCC2)NC3=O)ncn1. The van der Waals surface area contributed by atoms with Gasteiger partial charge in [0.2, 0.25) is 0 Å². The van der Waals surface area contributed by atoms with Crippen LogP contribution in [0.4, 0.5) is 11.6 Å². The summed E-state index contributed by atoms with van der Waals surface area (Å²) in [5.41, 5.74) is 1.80. The molecular weight excluding hydrogens is 384 g/mol. The lowest BCUT2D eigenvalue weighted by molar-refractivity contribution is 0.0892. The molecule has 1 saturated carbocycles. The predicted molar refractivity (Wildman–Crippen MR) is 111 cm³/mol. The molecule has 1 aliphatic carbocycles. The number of rotatable bonds is 6. The lowest BCUT2D eigenvalue weighted by Gasteiger charge is -2.34. The van der Waals surface area contributed by atoms with Gasteiger partial charge in [-0.05, 0) is 37.8 Å². The van der Waals surface area contributed by atoms with Gasteiger partial charge in [0, 0.05) is 26.3 Å². The van der Waals surface area contributed by atoms with Crippen LogP contribution in [0.1, 0.15) is 60.1 Å². The van der Waals surface area contributed by atoms with Gasteiger partial charge in [0.25, 0.3) is 5.91 Å². The summed E-state index contributed by atoms with van der Waals surface area (Å²) in [6, 6.07) is 3.45. The Morgan fingerprint density at radius 3 is 2.87 bits per heavy atom. The lowest BCUT2D eigenvalue weighted by Crippen LogP contribution is -2.43. The molecule has 4 rings (SSSR count). The second-order valence-corrected chi connectivity index (χ2v) is 7.96. The van der Waals surface area contributed by atoms with E-state index in [1.54, 1.807) is 19.2 Å². The molecule has 1 spiro atoms. The third kappa shape index (κ3) is 3.77. The molecule has 2 aromatic heterocycles. The molecule has 0 radical (unpaired) electrons. The number of amides is 1. The molecule has 1 aliphatic heterocycles. The minimum atomic E-state index is -0.518. The number of hydrogen-bond donors (Lipinski definition) is 3. The molecule has 0 bridgehead atoms. The monoisotopic (exact) mass is 412 g/mol. The Labute approximate surface area is 175 Å². The van der Waals surface area contributed by atoms with Gasteiger partial charge in [-0.3, -0.25) is 4.79 Å². The number of hydrogen-bond acceptors (Lipinski definition) is 7. The number of ether oxygens (including phenoxy) is 1. The number of nitrogens with one attached hydrogen (secondary N) is 2. The van der Waals surface area contributed by atoms with Crippen molar-refractivity contribution in [1.29, 1.82) is 0 Å². The van der Waals surface area contributed by atoms with Gasteiger partial charge >= 0.3 is 0 Å². The minimum absolute atomic E-state index is 0.122. The van der Waals surface area contributed by atoms with Crippen LogP contribution >= 0.6 is 0 Å². The van der Waals surface area contributed by atoms with Crippen molar-refractivity contribution in [3.05, 3.63) is 40.8 Å². The highest BCUT2D eigenvalue weighted by molar-refractivity contribution is 6.00. The van der Waals surface area contributed by atoms with Crippen molar-refractivity contribution in [3.8, 4) is 0 Å². The third-order valence-corrected chi connectivity index (χ3v) is 5.86. The van der Waals surface area contributed by atoms with E-state index in [0.717, 1.165) is 55.4 Å². The molecule has 0 saturated heterocycles. The van der Waals surface area contributed by atoms with Crippen LogP contribution < -0.4 is 16.1 Å². The van der Waals surface area contributed by atoms with Gasteiger partial charge in [0.15, 0.2) is 11.3 Å². The summed E-state index contributed by atoms with van der Waals surface area (Å²) in [7, 11) is 1.67. The maximum absolute atomic E-state index is 12.7. The molecule has 2 aliphatic rings. The van der Waals surface area contributed by atoms with E-state index in [2.05, 4.69) is 25.6 Å². The molecule has 1 fully saturated rings. The molecule has 0 atom stereocenters. The average Bonchev–Trinajstić information content (AvgIpc) is 3.02. The van der Waals surface area contributed by atoms with Crippen molar-refractivity contribution in [1.82, 2.24) is 20.0 Å². The molecule has 3 heterocycles. The summed E-state index contributed by atoms with van der Waals surface area (Å²) in [4.78, 5) is 25.6. The Morgan fingerprint density at radius 1 is 1.30 bits per heavy atom. The molecular formula is C21H28N6O3. The highest BCUT2D eigenvalue weighted by Gasteiger charge is 2.47. The number of aromatic nitrogens is 3. The van der Waals surface area contributed by atoms with Crippen LogP contribution in [0.3, 0.4) is 0 Å². The Kier molecular flexibility index (Phi) is 5.72. The first-order valence-corrected chi connectivity index (χ1v) is 10.4. The van der Waals surface area contributed by atoms with Crippen LogP contribution in [0, 0.1) is 6.92 Å². The van der Waals surface area contributed by atoms with Crippen LogP contribution in [0.2, 0.25) is 0 Å². The molecule has 0 aromatic carbocycles. The maximum atomic E-state index is 12.7. The van der Waals surface area contributed by atoms with Crippen LogP contribution in [0.25, 0.3) is 0 Å². The third-order valence-electron chi connectivity index (χ3n) is 5.86. The molecule has 30 heavy (non-hydrogen) atoms. The number of aryl methyl sites for hydroxylation is 1. The second kappa shape index (κ2) is 8.43. The molecule has 9 heteroatoms. The number of pyridine rings is 1. The zero-order valence-electron chi connectivity index (χ0n) is 17.4. The largest absolute Gasteiger partial charge is 0.427 e. The molecule has 9 nitrogen and oxygen atoms in total. The number of anilines is 1. The first-order valence-electron chi connectivity index (χ1n) is 10.4. The fourth-order valence-electron chi connectivity index (χ4n) is 4.45. The normalized spacial score (nSPS) is 17.8. The van der Waals surface area contributed by atoms with Crippen molar-refractivity contribution in [2.45, 2.75) is 51.0 Å². The van der Waals surface area contributed by atoms with Crippen molar-refractivity contribution in [3.63, 3.8) is 0 Å². The van der Waals surface area contributed by atoms with Gasteiger partial charge in [-0.15, -0.1) is 0 Å². The zero-order chi connectivity index (χ0) is 21.1. The van der Waals surface area contributed by atoms with Gasteiger partial charge in [-0.25, -0.2) is 15.0 Å². The highest BCUT2D eigenvalue weighted by Crippen LogP contribution is 2.42. The van der Waals surface area contributed by atoms with Crippen molar-refractivity contribution < 1.29 is 14.7 Å². The Morgan fingerprint density at radius 2 is 2.10 bits per heavy atom. The number of methoxy groups -OCH3 is 1. The zero-order valence-corrected chi connectivity index (χ0v) is 17.4. The van der Waals surface area contributed by atoms with Crippen LogP contribution in [-0.2, 0) is 10.3 Å². The Balaban J connectivity index is 1.71. The van der Waals surface area contributed by atoms with E-state index in [1.807, 2.05) is 6.92 Å². The highest BCUT2D eigenvalue weighted by atomic mass is 16.5. The van der Waals surface area contributed by atoms with E-state index < -0.39 is 5.54 Å². The van der Waals surface area contributed by atoms with Crippen LogP contribution in [0.15, 0.2) is 23.5 Å². The van der Waals surface area contributed by atoms with Gasteiger partial charge < -0.3 is 20.6 Å². The average molecular weight is 412 g/mol. The van der Waals surface area contributed by atoms with Crippen molar-refractivity contribution in [2.75, 3.05) is 25.6 Å².